The highest BCUT2D eigenvalue weighted by molar-refractivity contribution is 5.95. The van der Waals surface area contributed by atoms with Gasteiger partial charge >= 0.3 is 6.03 Å². The summed E-state index contributed by atoms with van der Waals surface area (Å²) < 4.78 is 5.18. The molecule has 0 bridgehead atoms. The fourth-order valence-corrected chi connectivity index (χ4v) is 3.20. The number of nitrogens with one attached hydrogen (secondary N) is 2. The Balaban J connectivity index is 1.33. The molecule has 144 valence electrons. The quantitative estimate of drug-likeness (QED) is 0.715. The van der Waals surface area contributed by atoms with Crippen LogP contribution in [-0.2, 0) is 19.6 Å². The molecule has 0 atom stereocenters. The Labute approximate surface area is 167 Å². The first kappa shape index (κ1) is 18.3. The van der Waals surface area contributed by atoms with Crippen molar-refractivity contribution in [1.29, 1.82) is 5.26 Å². The molecule has 0 fully saturated rings. The lowest BCUT2D eigenvalue weighted by atomic mass is 10.1. The highest BCUT2D eigenvalue weighted by Crippen LogP contribution is 2.24. The van der Waals surface area contributed by atoms with E-state index in [9.17, 15) is 9.59 Å². The standard InChI is InChI=1S/C22H18N4O3/c23-11-15-3-4-17-13-26(14-18(17)10-15)22(28)25-19-7-5-16(6-8-19)21(27)24-12-20-2-1-9-29-20/h1-10H,12-14H2,(H,24,27)(H,25,28). The number of hydrogen-bond donors (Lipinski definition) is 2. The summed E-state index contributed by atoms with van der Waals surface area (Å²) in [5.74, 6) is 0.457. The molecule has 4 rings (SSSR count). The number of anilines is 1. The maximum absolute atomic E-state index is 12.6. The predicted octanol–water partition coefficient (Wildman–Crippen LogP) is 3.63. The Morgan fingerprint density at radius 1 is 1.07 bits per heavy atom. The number of benzene rings is 2. The fourth-order valence-electron chi connectivity index (χ4n) is 3.20. The highest BCUT2D eigenvalue weighted by atomic mass is 16.3. The van der Waals surface area contributed by atoms with Crippen LogP contribution < -0.4 is 10.6 Å². The second-order valence-corrected chi connectivity index (χ2v) is 6.72. The van der Waals surface area contributed by atoms with Crippen molar-refractivity contribution >= 4 is 17.6 Å². The molecule has 29 heavy (non-hydrogen) atoms. The van der Waals surface area contributed by atoms with Crippen molar-refractivity contribution in [3.8, 4) is 6.07 Å². The van der Waals surface area contributed by atoms with Crippen LogP contribution in [0.2, 0.25) is 0 Å². The maximum atomic E-state index is 12.6. The van der Waals surface area contributed by atoms with Crippen LogP contribution in [0.25, 0.3) is 0 Å². The van der Waals surface area contributed by atoms with Gasteiger partial charge in [0.05, 0.1) is 24.4 Å². The number of fused-ring (bicyclic) bond motifs is 1. The zero-order valence-electron chi connectivity index (χ0n) is 15.5. The van der Waals surface area contributed by atoms with E-state index >= 15 is 0 Å². The molecule has 0 saturated carbocycles. The van der Waals surface area contributed by atoms with Crippen LogP contribution in [0.5, 0.6) is 0 Å². The Morgan fingerprint density at radius 2 is 1.86 bits per heavy atom. The number of carbonyl (C=O) groups excluding carboxylic acids is 2. The van der Waals surface area contributed by atoms with E-state index < -0.39 is 0 Å². The number of urea groups is 1. The first-order chi connectivity index (χ1) is 14.1. The van der Waals surface area contributed by atoms with Crippen LogP contribution in [0, 0.1) is 11.3 Å². The lowest BCUT2D eigenvalue weighted by molar-refractivity contribution is 0.0948. The average molecular weight is 386 g/mol. The minimum absolute atomic E-state index is 0.220. The van der Waals surface area contributed by atoms with Crippen molar-refractivity contribution in [2.45, 2.75) is 19.6 Å². The summed E-state index contributed by atoms with van der Waals surface area (Å²) in [6, 6.07) is 17.6. The first-order valence-corrected chi connectivity index (χ1v) is 9.11. The van der Waals surface area contributed by atoms with Gasteiger partial charge in [-0.15, -0.1) is 0 Å². The third kappa shape index (κ3) is 4.12. The number of hydrogen-bond acceptors (Lipinski definition) is 4. The molecule has 1 aromatic heterocycles. The number of nitrogens with zero attached hydrogens (tertiary/aromatic N) is 2. The molecule has 0 unspecified atom stereocenters. The number of furan rings is 1. The van der Waals surface area contributed by atoms with E-state index in [1.165, 1.54) is 0 Å². The summed E-state index contributed by atoms with van der Waals surface area (Å²) in [5, 5.41) is 14.6. The summed E-state index contributed by atoms with van der Waals surface area (Å²) in [6.45, 7) is 1.28. The van der Waals surface area contributed by atoms with Crippen molar-refractivity contribution in [3.05, 3.63) is 88.9 Å². The zero-order chi connectivity index (χ0) is 20.2. The molecular formula is C22H18N4O3. The van der Waals surface area contributed by atoms with Gasteiger partial charge in [0.15, 0.2) is 0 Å². The van der Waals surface area contributed by atoms with Gasteiger partial charge in [-0.25, -0.2) is 4.79 Å². The number of nitriles is 1. The van der Waals surface area contributed by atoms with E-state index in [-0.39, 0.29) is 11.9 Å². The lowest BCUT2D eigenvalue weighted by Crippen LogP contribution is -2.30. The maximum Gasteiger partial charge on any atom is 0.322 e. The number of carbonyl (C=O) groups is 2. The minimum Gasteiger partial charge on any atom is -0.467 e. The molecule has 0 aliphatic carbocycles. The van der Waals surface area contributed by atoms with Crippen LogP contribution >= 0.6 is 0 Å². The lowest BCUT2D eigenvalue weighted by Gasteiger charge is -2.16. The minimum atomic E-state index is -0.227. The van der Waals surface area contributed by atoms with E-state index in [4.69, 9.17) is 9.68 Å². The summed E-state index contributed by atoms with van der Waals surface area (Å²) in [7, 11) is 0. The SMILES string of the molecule is N#Cc1ccc2c(c1)CN(C(=O)Nc1ccc(C(=O)NCc3ccco3)cc1)C2. The molecule has 3 aromatic rings. The van der Waals surface area contributed by atoms with Gasteiger partial charge in [-0.1, -0.05) is 6.07 Å². The Bertz CT molecular complexity index is 1080. The summed E-state index contributed by atoms with van der Waals surface area (Å²) in [5.41, 5.74) is 3.72. The van der Waals surface area contributed by atoms with Crippen molar-refractivity contribution in [2.24, 2.45) is 0 Å². The molecule has 3 amide bonds. The molecule has 0 spiro atoms. The normalized spacial score (nSPS) is 12.2. The molecule has 2 N–H and O–H groups in total. The number of rotatable bonds is 4. The summed E-state index contributed by atoms with van der Waals surface area (Å²) >= 11 is 0. The number of amides is 3. The molecule has 2 aromatic carbocycles. The van der Waals surface area contributed by atoms with Crippen molar-refractivity contribution in [2.75, 3.05) is 5.32 Å². The van der Waals surface area contributed by atoms with Gasteiger partial charge in [0, 0.05) is 24.3 Å². The Kier molecular flexibility index (Phi) is 4.99. The summed E-state index contributed by atoms with van der Waals surface area (Å²) in [4.78, 5) is 26.4. The topological polar surface area (TPSA) is 98.4 Å². The van der Waals surface area contributed by atoms with Crippen LogP contribution in [0.3, 0.4) is 0 Å². The fraction of sp³-hybridized carbons (Fsp3) is 0.136. The smallest absolute Gasteiger partial charge is 0.322 e. The van der Waals surface area contributed by atoms with Crippen molar-refractivity contribution in [1.82, 2.24) is 10.2 Å². The van der Waals surface area contributed by atoms with E-state index in [1.807, 2.05) is 12.1 Å². The monoisotopic (exact) mass is 386 g/mol. The van der Waals surface area contributed by atoms with E-state index in [2.05, 4.69) is 16.7 Å². The summed E-state index contributed by atoms with van der Waals surface area (Å²) in [6.07, 6.45) is 1.56. The molecule has 7 heteroatoms. The Morgan fingerprint density at radius 3 is 2.59 bits per heavy atom. The van der Waals surface area contributed by atoms with Crippen molar-refractivity contribution < 1.29 is 14.0 Å². The largest absolute Gasteiger partial charge is 0.467 e. The third-order valence-electron chi connectivity index (χ3n) is 4.75. The van der Waals surface area contributed by atoms with Gasteiger partial charge in [-0.3, -0.25) is 4.79 Å². The van der Waals surface area contributed by atoms with Gasteiger partial charge in [-0.05, 0) is 59.7 Å². The van der Waals surface area contributed by atoms with Crippen molar-refractivity contribution in [3.63, 3.8) is 0 Å². The molecular weight excluding hydrogens is 368 g/mol. The van der Waals surface area contributed by atoms with E-state index in [1.54, 1.807) is 53.6 Å². The molecule has 0 saturated heterocycles. The van der Waals surface area contributed by atoms with E-state index in [0.717, 1.165) is 11.1 Å². The van der Waals surface area contributed by atoms with Gasteiger partial charge < -0.3 is 20.0 Å². The third-order valence-corrected chi connectivity index (χ3v) is 4.75. The first-order valence-electron chi connectivity index (χ1n) is 9.11. The second kappa shape index (κ2) is 7.90. The van der Waals surface area contributed by atoms with Crippen LogP contribution in [-0.4, -0.2) is 16.8 Å². The van der Waals surface area contributed by atoms with Crippen LogP contribution in [0.4, 0.5) is 10.5 Å². The van der Waals surface area contributed by atoms with Crippen LogP contribution in [0.15, 0.2) is 65.3 Å². The molecule has 0 radical (unpaired) electrons. The van der Waals surface area contributed by atoms with E-state index in [0.29, 0.717) is 42.2 Å². The predicted molar refractivity (Wildman–Crippen MR) is 106 cm³/mol. The van der Waals surface area contributed by atoms with Gasteiger partial charge in [-0.2, -0.15) is 5.26 Å². The zero-order valence-corrected chi connectivity index (χ0v) is 15.5. The van der Waals surface area contributed by atoms with Gasteiger partial charge in [0.25, 0.3) is 5.91 Å². The average Bonchev–Trinajstić information content (AvgIpc) is 3.41. The highest BCUT2D eigenvalue weighted by Gasteiger charge is 2.23. The molecule has 1 aliphatic rings. The second-order valence-electron chi connectivity index (χ2n) is 6.72. The Hall–Kier alpha value is -4.05. The van der Waals surface area contributed by atoms with Gasteiger partial charge in [0.2, 0.25) is 0 Å². The van der Waals surface area contributed by atoms with Crippen LogP contribution in [0.1, 0.15) is 32.8 Å². The van der Waals surface area contributed by atoms with Gasteiger partial charge in [0.1, 0.15) is 5.76 Å². The molecule has 7 nitrogen and oxygen atoms in total. The molecule has 1 aliphatic heterocycles. The molecule has 2 heterocycles.